The monoisotopic (exact) mass is 232 g/mol. The second-order valence-corrected chi connectivity index (χ2v) is 3.63. The summed E-state index contributed by atoms with van der Waals surface area (Å²) in [5.74, 6) is 1.66. The van der Waals surface area contributed by atoms with E-state index in [1.54, 1.807) is 12.5 Å². The number of nitrogens with zero attached hydrogens (tertiary/aromatic N) is 1. The first kappa shape index (κ1) is 11.7. The topological polar surface area (TPSA) is 47.3 Å². The molecule has 0 aliphatic rings. The molecule has 0 unspecified atom stereocenters. The van der Waals surface area contributed by atoms with Gasteiger partial charge in [0.25, 0.3) is 0 Å². The number of hydrogen-bond acceptors (Lipinski definition) is 4. The average molecular weight is 232 g/mol. The molecule has 0 atom stereocenters. The fourth-order valence-electron chi connectivity index (χ4n) is 1.49. The number of rotatable bonds is 6. The van der Waals surface area contributed by atoms with Gasteiger partial charge in [0.05, 0.1) is 6.26 Å². The second-order valence-electron chi connectivity index (χ2n) is 3.63. The number of ether oxygens (including phenoxy) is 1. The molecule has 4 nitrogen and oxygen atoms in total. The highest BCUT2D eigenvalue weighted by Gasteiger charge is 2.04. The fraction of sp³-hybridized carbons (Fsp3) is 0.308. The molecular formula is C13H16N2O2. The van der Waals surface area contributed by atoms with Crippen molar-refractivity contribution >= 4 is 0 Å². The van der Waals surface area contributed by atoms with Crippen LogP contribution >= 0.6 is 0 Å². The molecule has 0 aromatic carbocycles. The van der Waals surface area contributed by atoms with Crippen LogP contribution in [0, 0.1) is 0 Å². The zero-order valence-electron chi connectivity index (χ0n) is 9.85. The van der Waals surface area contributed by atoms with Crippen LogP contribution in [-0.4, -0.2) is 11.5 Å². The van der Waals surface area contributed by atoms with Gasteiger partial charge in [-0.3, -0.25) is 4.98 Å². The Bertz CT molecular complexity index is 440. The van der Waals surface area contributed by atoms with Gasteiger partial charge in [0, 0.05) is 24.5 Å². The Labute approximate surface area is 101 Å². The molecule has 0 aliphatic heterocycles. The Morgan fingerprint density at radius 2 is 2.35 bits per heavy atom. The van der Waals surface area contributed by atoms with E-state index in [9.17, 15) is 0 Å². The standard InChI is InChI=1S/C13H16N2O2/c1-2-14-8-11-9-15-6-5-13(11)17-10-12-4-3-7-16-12/h3-7,9,14H,2,8,10H2,1H3. The lowest BCUT2D eigenvalue weighted by molar-refractivity contribution is 0.267. The maximum Gasteiger partial charge on any atom is 0.146 e. The van der Waals surface area contributed by atoms with Gasteiger partial charge in [-0.15, -0.1) is 0 Å². The van der Waals surface area contributed by atoms with E-state index < -0.39 is 0 Å². The molecule has 0 bridgehead atoms. The first-order chi connectivity index (χ1) is 8.40. The molecule has 0 spiro atoms. The zero-order valence-corrected chi connectivity index (χ0v) is 9.85. The Morgan fingerprint density at radius 1 is 1.41 bits per heavy atom. The minimum absolute atomic E-state index is 0.441. The third kappa shape index (κ3) is 3.32. The summed E-state index contributed by atoms with van der Waals surface area (Å²) in [5.41, 5.74) is 1.06. The smallest absolute Gasteiger partial charge is 0.146 e. The van der Waals surface area contributed by atoms with Crippen molar-refractivity contribution in [2.75, 3.05) is 6.54 Å². The highest BCUT2D eigenvalue weighted by atomic mass is 16.5. The third-order valence-corrected chi connectivity index (χ3v) is 2.37. The highest BCUT2D eigenvalue weighted by Crippen LogP contribution is 2.18. The van der Waals surface area contributed by atoms with Crippen molar-refractivity contribution in [3.8, 4) is 5.75 Å². The maximum absolute atomic E-state index is 5.70. The summed E-state index contributed by atoms with van der Waals surface area (Å²) in [5, 5.41) is 3.25. The molecule has 1 N–H and O–H groups in total. The van der Waals surface area contributed by atoms with Crippen molar-refractivity contribution < 1.29 is 9.15 Å². The van der Waals surface area contributed by atoms with Crippen LogP contribution < -0.4 is 10.1 Å². The first-order valence-corrected chi connectivity index (χ1v) is 5.69. The maximum atomic E-state index is 5.70. The van der Waals surface area contributed by atoms with E-state index >= 15 is 0 Å². The van der Waals surface area contributed by atoms with Crippen LogP contribution in [0.15, 0.2) is 41.3 Å². The van der Waals surface area contributed by atoms with Crippen molar-refractivity contribution in [1.29, 1.82) is 0 Å². The van der Waals surface area contributed by atoms with E-state index in [-0.39, 0.29) is 0 Å². The summed E-state index contributed by atoms with van der Waals surface area (Å²) in [7, 11) is 0. The lowest BCUT2D eigenvalue weighted by atomic mass is 10.2. The molecular weight excluding hydrogens is 216 g/mol. The summed E-state index contributed by atoms with van der Waals surface area (Å²) >= 11 is 0. The quantitative estimate of drug-likeness (QED) is 0.830. The first-order valence-electron chi connectivity index (χ1n) is 5.69. The molecule has 90 valence electrons. The van der Waals surface area contributed by atoms with Crippen LogP contribution in [0.4, 0.5) is 0 Å². The van der Waals surface area contributed by atoms with Gasteiger partial charge in [-0.25, -0.2) is 0 Å². The van der Waals surface area contributed by atoms with Gasteiger partial charge < -0.3 is 14.5 Å². The minimum Gasteiger partial charge on any atom is -0.485 e. The Balaban J connectivity index is 1.99. The van der Waals surface area contributed by atoms with E-state index in [2.05, 4.69) is 17.2 Å². The summed E-state index contributed by atoms with van der Waals surface area (Å²) in [4.78, 5) is 4.10. The molecule has 17 heavy (non-hydrogen) atoms. The summed E-state index contributed by atoms with van der Waals surface area (Å²) < 4.78 is 10.9. The number of aromatic nitrogens is 1. The van der Waals surface area contributed by atoms with Gasteiger partial charge in [0.2, 0.25) is 0 Å². The zero-order chi connectivity index (χ0) is 11.9. The van der Waals surface area contributed by atoms with Crippen LogP contribution in [0.5, 0.6) is 5.75 Å². The van der Waals surface area contributed by atoms with E-state index in [0.29, 0.717) is 6.61 Å². The molecule has 0 aliphatic carbocycles. The Morgan fingerprint density at radius 3 is 3.12 bits per heavy atom. The van der Waals surface area contributed by atoms with Gasteiger partial charge in [-0.2, -0.15) is 0 Å². The predicted octanol–water partition coefficient (Wildman–Crippen LogP) is 2.36. The van der Waals surface area contributed by atoms with E-state index in [4.69, 9.17) is 9.15 Å². The van der Waals surface area contributed by atoms with Gasteiger partial charge in [0.1, 0.15) is 18.1 Å². The lowest BCUT2D eigenvalue weighted by Gasteiger charge is -2.10. The van der Waals surface area contributed by atoms with E-state index in [1.807, 2.05) is 24.4 Å². The molecule has 2 heterocycles. The molecule has 2 rings (SSSR count). The molecule has 2 aromatic heterocycles. The second kappa shape index (κ2) is 6.06. The van der Waals surface area contributed by atoms with Crippen LogP contribution in [0.3, 0.4) is 0 Å². The predicted molar refractivity (Wildman–Crippen MR) is 64.7 cm³/mol. The molecule has 0 fully saturated rings. The van der Waals surface area contributed by atoms with Crippen LogP contribution in [0.1, 0.15) is 18.2 Å². The number of hydrogen-bond donors (Lipinski definition) is 1. The molecule has 0 saturated carbocycles. The number of nitrogens with one attached hydrogen (secondary N) is 1. The summed E-state index contributed by atoms with van der Waals surface area (Å²) in [6.07, 6.45) is 5.19. The SMILES string of the molecule is CCNCc1cnccc1OCc1ccco1. The van der Waals surface area contributed by atoms with Crippen molar-refractivity contribution in [1.82, 2.24) is 10.3 Å². The van der Waals surface area contributed by atoms with Crippen LogP contribution in [-0.2, 0) is 13.2 Å². The highest BCUT2D eigenvalue weighted by molar-refractivity contribution is 5.30. The number of furan rings is 1. The van der Waals surface area contributed by atoms with Gasteiger partial charge in [0.15, 0.2) is 0 Å². The lowest BCUT2D eigenvalue weighted by Crippen LogP contribution is -2.13. The summed E-state index contributed by atoms with van der Waals surface area (Å²) in [6, 6.07) is 5.62. The Kier molecular flexibility index (Phi) is 4.16. The molecule has 4 heteroatoms. The molecule has 0 radical (unpaired) electrons. The van der Waals surface area contributed by atoms with Crippen LogP contribution in [0.25, 0.3) is 0 Å². The third-order valence-electron chi connectivity index (χ3n) is 2.37. The number of pyridine rings is 1. The van der Waals surface area contributed by atoms with Crippen molar-refractivity contribution in [2.45, 2.75) is 20.1 Å². The van der Waals surface area contributed by atoms with Crippen molar-refractivity contribution in [2.24, 2.45) is 0 Å². The van der Waals surface area contributed by atoms with E-state index in [0.717, 1.165) is 30.2 Å². The van der Waals surface area contributed by atoms with Gasteiger partial charge in [-0.05, 0) is 24.7 Å². The normalized spacial score (nSPS) is 10.4. The van der Waals surface area contributed by atoms with Crippen LogP contribution in [0.2, 0.25) is 0 Å². The molecule has 0 saturated heterocycles. The minimum atomic E-state index is 0.441. The van der Waals surface area contributed by atoms with Gasteiger partial charge >= 0.3 is 0 Å². The Hall–Kier alpha value is -1.81. The average Bonchev–Trinajstić information content (AvgIpc) is 2.88. The summed E-state index contributed by atoms with van der Waals surface area (Å²) in [6.45, 7) is 4.19. The molecule has 0 amide bonds. The largest absolute Gasteiger partial charge is 0.485 e. The van der Waals surface area contributed by atoms with Crippen molar-refractivity contribution in [3.63, 3.8) is 0 Å². The fourth-order valence-corrected chi connectivity index (χ4v) is 1.49. The van der Waals surface area contributed by atoms with Gasteiger partial charge in [-0.1, -0.05) is 6.92 Å². The molecule has 2 aromatic rings. The van der Waals surface area contributed by atoms with Crippen molar-refractivity contribution in [3.05, 3.63) is 48.2 Å². The van der Waals surface area contributed by atoms with E-state index in [1.165, 1.54) is 0 Å².